The molecule has 276 valence electrons. The van der Waals surface area contributed by atoms with E-state index in [1.54, 1.807) is 4.90 Å². The van der Waals surface area contributed by atoms with Gasteiger partial charge in [0, 0.05) is 6.54 Å². The van der Waals surface area contributed by atoms with Gasteiger partial charge in [0.05, 0.1) is 17.7 Å². The Morgan fingerprint density at radius 3 is 2.08 bits per heavy atom. The monoisotopic (exact) mass is 695 g/mol. The van der Waals surface area contributed by atoms with E-state index in [2.05, 4.69) is 29.8 Å². The second-order valence-electron chi connectivity index (χ2n) is 17.7. The Morgan fingerprint density at radius 1 is 0.980 bits per heavy atom. The molecule has 5 rings (SSSR count). The molecule has 4 aliphatic rings. The maximum Gasteiger partial charge on any atom is 0.315 e. The number of ketones is 1. The lowest BCUT2D eigenvalue weighted by atomic mass is 9.80. The average Bonchev–Trinajstić information content (AvgIpc) is 3.34. The van der Waals surface area contributed by atoms with Gasteiger partial charge in [0.15, 0.2) is 6.29 Å². The lowest BCUT2D eigenvalue weighted by Crippen LogP contribution is -2.62. The first-order chi connectivity index (χ1) is 23.2. The topological polar surface area (TPSA) is 180 Å². The van der Waals surface area contributed by atoms with Crippen LogP contribution in [0.2, 0.25) is 0 Å². The number of hydrogen-bond donors (Lipinski definition) is 5. The fourth-order valence-electron chi connectivity index (χ4n) is 8.39. The van der Waals surface area contributed by atoms with Crippen molar-refractivity contribution in [3.63, 3.8) is 0 Å². The molecule has 2 unspecified atom stereocenters. The van der Waals surface area contributed by atoms with E-state index in [-0.39, 0.29) is 35.0 Å². The molecule has 1 aromatic rings. The number of aliphatic hydroxyl groups is 1. The minimum Gasteiger partial charge on any atom is -0.366 e. The molecule has 0 radical (unpaired) electrons. The predicted molar refractivity (Wildman–Crippen MR) is 187 cm³/mol. The van der Waals surface area contributed by atoms with E-state index in [9.17, 15) is 29.1 Å². The molecule has 50 heavy (non-hydrogen) atoms. The number of piperidine rings is 1. The summed E-state index contributed by atoms with van der Waals surface area (Å²) < 4.78 is 5.82. The number of Topliss-reactive ketones (excluding diaryl/α,β-unsaturated/α-hetero) is 1. The second kappa shape index (κ2) is 13.9. The molecule has 1 heterocycles. The standard InChI is InChI=1S/C38H57N5O7/c1-36(2,3)30(34(48)50-37(4,5)6)42-35(49)41-27(23-17-21-14-9-10-15-22(21)18-23)33(47)43-19-24-26(38(24,7)8)28(43)32(46)40-25(29(44)31(39)45)16-20-12-11-13-20/h9-10,14-15,20,23-28,30,34,48H,11-13,16-19H2,1-8H3,(H2,39,45)(H,40,46)(H2,41,42,49)/t24-,25?,26-,27-,28-,30+,34?/m0/s1. The summed E-state index contributed by atoms with van der Waals surface area (Å²) in [6.07, 6.45) is 3.00. The smallest absolute Gasteiger partial charge is 0.315 e. The number of carbonyl (C=O) groups excluding carboxylic acids is 5. The number of aliphatic hydroxyl groups excluding tert-OH is 1. The number of benzene rings is 1. The van der Waals surface area contributed by atoms with Crippen molar-refractivity contribution in [1.82, 2.24) is 20.9 Å². The van der Waals surface area contributed by atoms with Gasteiger partial charge in [0.2, 0.25) is 17.6 Å². The summed E-state index contributed by atoms with van der Waals surface area (Å²) >= 11 is 0. The average molecular weight is 696 g/mol. The molecule has 0 bridgehead atoms. The van der Waals surface area contributed by atoms with Crippen LogP contribution in [0.1, 0.15) is 92.2 Å². The SMILES string of the molecule is CC(C)(C)OC(O)[C@@H](NC(=O)N[C@H](C(=O)N1C[C@H]2[C@@H]([C@H]1C(=O)NC(CC1CCC1)C(=O)C(N)=O)C2(C)C)C1Cc2ccccc2C1)C(C)(C)C. The molecule has 1 aromatic carbocycles. The number of nitrogens with zero attached hydrogens (tertiary/aromatic N) is 1. The minimum atomic E-state index is -1.32. The lowest BCUT2D eigenvalue weighted by Gasteiger charge is -2.38. The first-order valence-corrected chi connectivity index (χ1v) is 18.1. The molecular formula is C38H57N5O7. The number of rotatable bonds is 12. The molecule has 12 heteroatoms. The van der Waals surface area contributed by atoms with Gasteiger partial charge in [-0.05, 0) is 85.7 Å². The minimum absolute atomic E-state index is 0.0596. The van der Waals surface area contributed by atoms with Crippen molar-refractivity contribution in [2.75, 3.05) is 6.54 Å². The number of nitrogens with one attached hydrogen (secondary N) is 3. The van der Waals surface area contributed by atoms with Gasteiger partial charge >= 0.3 is 6.03 Å². The number of ether oxygens (including phenoxy) is 1. The first-order valence-electron chi connectivity index (χ1n) is 18.1. The molecule has 1 saturated heterocycles. The van der Waals surface area contributed by atoms with Gasteiger partial charge in [0.25, 0.3) is 5.91 Å². The number of carbonyl (C=O) groups is 5. The Kier molecular flexibility index (Phi) is 10.5. The van der Waals surface area contributed by atoms with E-state index < -0.39 is 65.1 Å². The van der Waals surface area contributed by atoms with Gasteiger partial charge in [-0.2, -0.15) is 0 Å². The molecule has 2 saturated carbocycles. The predicted octanol–water partition coefficient (Wildman–Crippen LogP) is 2.83. The Bertz CT molecular complexity index is 1470. The Morgan fingerprint density at radius 2 is 1.58 bits per heavy atom. The van der Waals surface area contributed by atoms with E-state index in [1.165, 1.54) is 0 Å². The molecule has 0 spiro atoms. The van der Waals surface area contributed by atoms with E-state index in [0.717, 1.165) is 30.4 Å². The quantitative estimate of drug-likeness (QED) is 0.165. The molecule has 0 aromatic heterocycles. The Balaban J connectivity index is 1.40. The third-order valence-corrected chi connectivity index (χ3v) is 11.5. The van der Waals surface area contributed by atoms with Crippen molar-refractivity contribution in [3.05, 3.63) is 35.4 Å². The van der Waals surface area contributed by atoms with E-state index >= 15 is 0 Å². The zero-order valence-electron chi connectivity index (χ0n) is 30.9. The highest BCUT2D eigenvalue weighted by Gasteiger charge is 2.70. The third-order valence-electron chi connectivity index (χ3n) is 11.5. The molecule has 5 amide bonds. The lowest BCUT2D eigenvalue weighted by molar-refractivity contribution is -0.191. The van der Waals surface area contributed by atoms with Crippen molar-refractivity contribution in [2.45, 2.75) is 130 Å². The molecule has 1 aliphatic heterocycles. The van der Waals surface area contributed by atoms with Crippen LogP contribution in [0.25, 0.3) is 0 Å². The van der Waals surface area contributed by atoms with Crippen LogP contribution in [-0.2, 0) is 36.8 Å². The van der Waals surface area contributed by atoms with Crippen LogP contribution in [0.15, 0.2) is 24.3 Å². The molecular weight excluding hydrogens is 638 g/mol. The van der Waals surface area contributed by atoms with E-state index in [1.807, 2.05) is 65.8 Å². The van der Waals surface area contributed by atoms with Crippen LogP contribution in [0.5, 0.6) is 0 Å². The summed E-state index contributed by atoms with van der Waals surface area (Å²) in [5, 5.41) is 19.7. The van der Waals surface area contributed by atoms with Crippen LogP contribution in [0.4, 0.5) is 4.79 Å². The highest BCUT2D eigenvalue weighted by Crippen LogP contribution is 2.65. The number of urea groups is 1. The number of likely N-dealkylation sites (tertiary alicyclic amines) is 1. The number of hydrogen-bond acceptors (Lipinski definition) is 7. The fraction of sp³-hybridized carbons (Fsp3) is 0.711. The van der Waals surface area contributed by atoms with Gasteiger partial charge in [-0.3, -0.25) is 19.2 Å². The van der Waals surface area contributed by atoms with Crippen LogP contribution < -0.4 is 21.7 Å². The number of fused-ring (bicyclic) bond motifs is 2. The van der Waals surface area contributed by atoms with Gasteiger partial charge in [-0.1, -0.05) is 78.1 Å². The van der Waals surface area contributed by atoms with Gasteiger partial charge in [-0.25, -0.2) is 4.79 Å². The Hall–Kier alpha value is -3.51. The van der Waals surface area contributed by atoms with Crippen LogP contribution in [-0.4, -0.2) is 82.1 Å². The maximum atomic E-state index is 14.8. The van der Waals surface area contributed by atoms with E-state index in [4.69, 9.17) is 10.5 Å². The fourth-order valence-corrected chi connectivity index (χ4v) is 8.39. The maximum absolute atomic E-state index is 14.8. The largest absolute Gasteiger partial charge is 0.366 e. The van der Waals surface area contributed by atoms with Crippen molar-refractivity contribution in [2.24, 2.45) is 40.2 Å². The number of primary amides is 1. The zero-order valence-corrected chi connectivity index (χ0v) is 30.9. The highest BCUT2D eigenvalue weighted by molar-refractivity contribution is 6.37. The van der Waals surface area contributed by atoms with E-state index in [0.29, 0.717) is 25.8 Å². The zero-order chi connectivity index (χ0) is 36.9. The van der Waals surface area contributed by atoms with Gasteiger partial charge in [0.1, 0.15) is 12.1 Å². The van der Waals surface area contributed by atoms with Crippen molar-refractivity contribution >= 4 is 29.5 Å². The summed E-state index contributed by atoms with van der Waals surface area (Å²) in [6, 6.07) is 3.58. The van der Waals surface area contributed by atoms with Gasteiger partial charge < -0.3 is 36.4 Å². The Labute approximate surface area is 296 Å². The second-order valence-corrected chi connectivity index (χ2v) is 17.7. The molecule has 6 N–H and O–H groups in total. The number of amides is 5. The summed E-state index contributed by atoms with van der Waals surface area (Å²) in [5.74, 6) is -2.95. The van der Waals surface area contributed by atoms with Crippen molar-refractivity contribution in [1.29, 1.82) is 0 Å². The van der Waals surface area contributed by atoms with Crippen LogP contribution in [0, 0.1) is 34.5 Å². The first kappa shape index (κ1) is 37.7. The third kappa shape index (κ3) is 8.01. The van der Waals surface area contributed by atoms with Crippen LogP contribution >= 0.6 is 0 Å². The summed E-state index contributed by atoms with van der Waals surface area (Å²) in [5.41, 5.74) is 6.10. The molecule has 12 nitrogen and oxygen atoms in total. The van der Waals surface area contributed by atoms with Gasteiger partial charge in [-0.15, -0.1) is 0 Å². The molecule has 3 aliphatic carbocycles. The van der Waals surface area contributed by atoms with Crippen molar-refractivity contribution in [3.8, 4) is 0 Å². The molecule has 3 fully saturated rings. The highest BCUT2D eigenvalue weighted by atomic mass is 16.6. The summed E-state index contributed by atoms with van der Waals surface area (Å²) in [7, 11) is 0. The van der Waals surface area contributed by atoms with Crippen molar-refractivity contribution < 1.29 is 33.8 Å². The summed E-state index contributed by atoms with van der Waals surface area (Å²) in [6.45, 7) is 15.6. The summed E-state index contributed by atoms with van der Waals surface area (Å²) in [4.78, 5) is 69.1. The number of nitrogens with two attached hydrogens (primary N) is 1. The molecule has 7 atom stereocenters. The normalized spacial score (nSPS) is 25.3. The van der Waals surface area contributed by atoms with Crippen LogP contribution in [0.3, 0.4) is 0 Å².